The number of nitrogens with two attached hydrogens (primary N) is 2. The van der Waals surface area contributed by atoms with Crippen molar-refractivity contribution in [2.45, 2.75) is 25.9 Å². The number of halogens is 1. The van der Waals surface area contributed by atoms with Crippen LogP contribution in [0, 0.1) is 12.7 Å². The Morgan fingerprint density at radius 2 is 2.08 bits per heavy atom. The van der Waals surface area contributed by atoms with Crippen molar-refractivity contribution < 1.29 is 4.39 Å². The maximum atomic E-state index is 14.5. The van der Waals surface area contributed by atoms with E-state index in [4.69, 9.17) is 11.5 Å². The minimum absolute atomic E-state index is 0.0127. The lowest BCUT2D eigenvalue weighted by atomic mass is 9.98. The van der Waals surface area contributed by atoms with Gasteiger partial charge in [-0.1, -0.05) is 12.1 Å². The average molecular weight is 324 g/mol. The SMILES string of the molecule is Cc1cccc(F)c1-c1cc(N2CCC[C@@H]2N)c2cc(N)[nH]c2c1. The highest BCUT2D eigenvalue weighted by Crippen LogP contribution is 2.38. The van der Waals surface area contributed by atoms with E-state index >= 15 is 0 Å². The number of nitrogens with one attached hydrogen (secondary N) is 1. The number of hydrogen-bond acceptors (Lipinski definition) is 3. The normalized spacial score (nSPS) is 17.8. The van der Waals surface area contributed by atoms with Gasteiger partial charge < -0.3 is 21.4 Å². The Morgan fingerprint density at radius 3 is 2.79 bits per heavy atom. The van der Waals surface area contributed by atoms with Gasteiger partial charge in [0.05, 0.1) is 6.17 Å². The number of aromatic nitrogens is 1. The Morgan fingerprint density at radius 1 is 1.25 bits per heavy atom. The first-order valence-electron chi connectivity index (χ1n) is 8.24. The van der Waals surface area contributed by atoms with Crippen LogP contribution in [0.3, 0.4) is 0 Å². The van der Waals surface area contributed by atoms with Crippen molar-refractivity contribution in [3.63, 3.8) is 0 Å². The molecule has 124 valence electrons. The van der Waals surface area contributed by atoms with Crippen molar-refractivity contribution in [2.75, 3.05) is 17.2 Å². The summed E-state index contributed by atoms with van der Waals surface area (Å²) in [5.41, 5.74) is 16.5. The molecule has 1 aliphatic rings. The molecule has 1 saturated heterocycles. The Kier molecular flexibility index (Phi) is 3.46. The maximum Gasteiger partial charge on any atom is 0.131 e. The number of aryl methyl sites for hydroxylation is 1. The summed E-state index contributed by atoms with van der Waals surface area (Å²) in [5.74, 6) is 0.381. The number of nitrogens with zero attached hydrogens (tertiary/aromatic N) is 1. The predicted octanol–water partition coefficient (Wildman–Crippen LogP) is 3.75. The molecule has 24 heavy (non-hydrogen) atoms. The molecule has 1 atom stereocenters. The van der Waals surface area contributed by atoms with E-state index in [2.05, 4.69) is 9.88 Å². The summed E-state index contributed by atoms with van der Waals surface area (Å²) in [6.45, 7) is 2.83. The van der Waals surface area contributed by atoms with Crippen LogP contribution in [-0.2, 0) is 0 Å². The van der Waals surface area contributed by atoms with Crippen LogP contribution in [0.5, 0.6) is 0 Å². The van der Waals surface area contributed by atoms with E-state index in [1.54, 1.807) is 6.07 Å². The number of aromatic amines is 1. The van der Waals surface area contributed by atoms with Crippen LogP contribution in [0.25, 0.3) is 22.0 Å². The largest absolute Gasteiger partial charge is 0.385 e. The molecule has 1 fully saturated rings. The van der Waals surface area contributed by atoms with Gasteiger partial charge in [0.1, 0.15) is 11.6 Å². The van der Waals surface area contributed by atoms with E-state index in [1.165, 1.54) is 6.07 Å². The molecule has 0 aliphatic carbocycles. The Hall–Kier alpha value is -2.53. The van der Waals surface area contributed by atoms with Gasteiger partial charge in [0.15, 0.2) is 0 Å². The Bertz CT molecular complexity index is 895. The third-order valence-corrected chi connectivity index (χ3v) is 4.86. The van der Waals surface area contributed by atoms with Crippen molar-refractivity contribution in [1.82, 2.24) is 4.98 Å². The van der Waals surface area contributed by atoms with Crippen LogP contribution in [-0.4, -0.2) is 17.7 Å². The third-order valence-electron chi connectivity index (χ3n) is 4.86. The molecule has 3 aromatic rings. The quantitative estimate of drug-likeness (QED) is 0.672. The van der Waals surface area contributed by atoms with Gasteiger partial charge in [-0.15, -0.1) is 0 Å². The molecule has 0 radical (unpaired) electrons. The first kappa shape index (κ1) is 15.0. The Balaban J connectivity index is 1.98. The fourth-order valence-corrected chi connectivity index (χ4v) is 3.71. The molecule has 5 N–H and O–H groups in total. The first-order valence-corrected chi connectivity index (χ1v) is 8.24. The second kappa shape index (κ2) is 5.53. The number of anilines is 2. The van der Waals surface area contributed by atoms with Gasteiger partial charge in [-0.05, 0) is 55.2 Å². The summed E-state index contributed by atoms with van der Waals surface area (Å²) in [4.78, 5) is 5.36. The van der Waals surface area contributed by atoms with Crippen molar-refractivity contribution in [2.24, 2.45) is 5.73 Å². The molecule has 5 heteroatoms. The molecule has 2 heterocycles. The molecule has 1 aromatic heterocycles. The van der Waals surface area contributed by atoms with Crippen molar-refractivity contribution in [3.8, 4) is 11.1 Å². The number of fused-ring (bicyclic) bond motifs is 1. The summed E-state index contributed by atoms with van der Waals surface area (Å²) < 4.78 is 14.5. The zero-order valence-corrected chi connectivity index (χ0v) is 13.6. The van der Waals surface area contributed by atoms with E-state index in [9.17, 15) is 4.39 Å². The minimum Gasteiger partial charge on any atom is -0.385 e. The zero-order valence-electron chi connectivity index (χ0n) is 13.6. The topological polar surface area (TPSA) is 71.1 Å². The van der Waals surface area contributed by atoms with Crippen LogP contribution < -0.4 is 16.4 Å². The molecular formula is C19H21FN4. The molecule has 4 rings (SSSR count). The number of nitrogen functional groups attached to an aromatic ring is 1. The molecule has 0 bridgehead atoms. The lowest BCUT2D eigenvalue weighted by Crippen LogP contribution is -2.36. The molecule has 0 unspecified atom stereocenters. The second-order valence-corrected chi connectivity index (χ2v) is 6.52. The summed E-state index contributed by atoms with van der Waals surface area (Å²) in [7, 11) is 0. The second-order valence-electron chi connectivity index (χ2n) is 6.52. The van der Waals surface area contributed by atoms with E-state index in [0.29, 0.717) is 11.4 Å². The van der Waals surface area contributed by atoms with Gasteiger partial charge in [-0.25, -0.2) is 4.39 Å². The van der Waals surface area contributed by atoms with Gasteiger partial charge in [0, 0.05) is 28.7 Å². The van der Waals surface area contributed by atoms with E-state index in [-0.39, 0.29) is 12.0 Å². The van der Waals surface area contributed by atoms with Crippen LogP contribution in [0.2, 0.25) is 0 Å². The van der Waals surface area contributed by atoms with Crippen LogP contribution >= 0.6 is 0 Å². The average Bonchev–Trinajstić information content (AvgIpc) is 3.11. The van der Waals surface area contributed by atoms with Gasteiger partial charge >= 0.3 is 0 Å². The number of rotatable bonds is 2. The van der Waals surface area contributed by atoms with Gasteiger partial charge in [0.25, 0.3) is 0 Å². The molecular weight excluding hydrogens is 303 g/mol. The standard InChI is InChI=1S/C19H21FN4/c1-11-4-2-5-14(20)19(11)12-8-15-13(10-17(21)23-15)16(9-12)24-7-3-6-18(24)22/h2,4-5,8-10,18,23H,3,6-7,21-22H2,1H3/t18-/m1/s1. The third kappa shape index (κ3) is 2.32. The highest BCUT2D eigenvalue weighted by molar-refractivity contribution is 5.99. The van der Waals surface area contributed by atoms with Gasteiger partial charge in [-0.3, -0.25) is 0 Å². The molecule has 0 spiro atoms. The lowest BCUT2D eigenvalue weighted by molar-refractivity contribution is 0.630. The molecule has 2 aromatic carbocycles. The highest BCUT2D eigenvalue weighted by Gasteiger charge is 2.24. The monoisotopic (exact) mass is 324 g/mol. The fraction of sp³-hybridized carbons (Fsp3) is 0.263. The number of benzene rings is 2. The fourth-order valence-electron chi connectivity index (χ4n) is 3.71. The predicted molar refractivity (Wildman–Crippen MR) is 97.4 cm³/mol. The summed E-state index contributed by atoms with van der Waals surface area (Å²) in [6, 6.07) is 11.1. The summed E-state index contributed by atoms with van der Waals surface area (Å²) in [6.07, 6.45) is 2.01. The molecule has 1 aliphatic heterocycles. The van der Waals surface area contributed by atoms with Gasteiger partial charge in [0.2, 0.25) is 0 Å². The zero-order chi connectivity index (χ0) is 16.8. The lowest BCUT2D eigenvalue weighted by Gasteiger charge is -2.25. The Labute approximate surface area is 140 Å². The summed E-state index contributed by atoms with van der Waals surface area (Å²) >= 11 is 0. The highest BCUT2D eigenvalue weighted by atomic mass is 19.1. The number of H-pyrrole nitrogens is 1. The first-order chi connectivity index (χ1) is 11.5. The maximum absolute atomic E-state index is 14.5. The van der Waals surface area contributed by atoms with E-state index < -0.39 is 0 Å². The van der Waals surface area contributed by atoms with E-state index in [1.807, 2.05) is 31.2 Å². The number of hydrogen-bond donors (Lipinski definition) is 3. The van der Waals surface area contributed by atoms with Crippen molar-refractivity contribution in [1.29, 1.82) is 0 Å². The van der Waals surface area contributed by atoms with Crippen LogP contribution in [0.1, 0.15) is 18.4 Å². The van der Waals surface area contributed by atoms with Gasteiger partial charge in [-0.2, -0.15) is 0 Å². The van der Waals surface area contributed by atoms with Crippen LogP contribution in [0.15, 0.2) is 36.4 Å². The molecule has 0 saturated carbocycles. The summed E-state index contributed by atoms with van der Waals surface area (Å²) in [5, 5.41) is 1.03. The van der Waals surface area contributed by atoms with Crippen molar-refractivity contribution >= 4 is 22.4 Å². The van der Waals surface area contributed by atoms with E-state index in [0.717, 1.165) is 47.1 Å². The van der Waals surface area contributed by atoms with Crippen molar-refractivity contribution in [3.05, 3.63) is 47.8 Å². The molecule has 4 nitrogen and oxygen atoms in total. The minimum atomic E-state index is -0.217. The smallest absolute Gasteiger partial charge is 0.131 e. The van der Waals surface area contributed by atoms with Crippen LogP contribution in [0.4, 0.5) is 15.9 Å². The molecule has 0 amide bonds.